The van der Waals surface area contributed by atoms with Crippen LogP contribution in [0.25, 0.3) is 10.2 Å². The standard InChI is InChI=1S/C17H23N5OS/c1-3-8-21(2)12-20-16-14(11-23)24-17-15(16)13(4-5-19-17)22-9-6-18-7-10-22/h4-5,11-12,18H,3,6-10H2,1-2H3. The van der Waals surface area contributed by atoms with Gasteiger partial charge in [-0.3, -0.25) is 4.79 Å². The molecule has 1 N–H and O–H groups in total. The fourth-order valence-electron chi connectivity index (χ4n) is 2.95. The van der Waals surface area contributed by atoms with E-state index in [1.165, 1.54) is 11.3 Å². The minimum Gasteiger partial charge on any atom is -0.368 e. The van der Waals surface area contributed by atoms with Crippen molar-refractivity contribution >= 4 is 45.6 Å². The van der Waals surface area contributed by atoms with Crippen molar-refractivity contribution < 1.29 is 4.79 Å². The number of piperazine rings is 1. The van der Waals surface area contributed by atoms with Gasteiger partial charge < -0.3 is 15.1 Å². The van der Waals surface area contributed by atoms with Crippen molar-refractivity contribution in [2.45, 2.75) is 13.3 Å². The molecule has 3 heterocycles. The van der Waals surface area contributed by atoms with Gasteiger partial charge in [0, 0.05) is 46.0 Å². The maximum atomic E-state index is 11.5. The first-order valence-electron chi connectivity index (χ1n) is 8.31. The van der Waals surface area contributed by atoms with Crippen LogP contribution in [0.15, 0.2) is 17.3 Å². The predicted octanol–water partition coefficient (Wildman–Crippen LogP) is 2.52. The van der Waals surface area contributed by atoms with Crippen LogP contribution in [0.5, 0.6) is 0 Å². The summed E-state index contributed by atoms with van der Waals surface area (Å²) in [5, 5.41) is 4.36. The Bertz CT molecular complexity index is 736. The van der Waals surface area contributed by atoms with Crippen LogP contribution in [0.4, 0.5) is 11.4 Å². The summed E-state index contributed by atoms with van der Waals surface area (Å²) < 4.78 is 0. The van der Waals surface area contributed by atoms with E-state index < -0.39 is 0 Å². The van der Waals surface area contributed by atoms with Gasteiger partial charge in [0.25, 0.3) is 0 Å². The lowest BCUT2D eigenvalue weighted by atomic mass is 10.2. The molecular formula is C17H23N5OS. The highest BCUT2D eigenvalue weighted by Crippen LogP contribution is 2.41. The summed E-state index contributed by atoms with van der Waals surface area (Å²) in [4.78, 5) is 26.5. The second kappa shape index (κ2) is 7.72. The Morgan fingerprint density at radius 3 is 2.96 bits per heavy atom. The number of aromatic nitrogens is 1. The van der Waals surface area contributed by atoms with Crippen LogP contribution in [0.3, 0.4) is 0 Å². The van der Waals surface area contributed by atoms with E-state index in [-0.39, 0.29) is 0 Å². The van der Waals surface area contributed by atoms with Gasteiger partial charge in [0.15, 0.2) is 6.29 Å². The highest BCUT2D eigenvalue weighted by atomic mass is 32.1. The minimum absolute atomic E-state index is 0.640. The van der Waals surface area contributed by atoms with Crippen molar-refractivity contribution in [2.75, 3.05) is 44.7 Å². The molecule has 24 heavy (non-hydrogen) atoms. The van der Waals surface area contributed by atoms with E-state index in [1.807, 2.05) is 30.5 Å². The zero-order chi connectivity index (χ0) is 16.9. The Morgan fingerprint density at radius 2 is 2.25 bits per heavy atom. The van der Waals surface area contributed by atoms with Crippen molar-refractivity contribution in [2.24, 2.45) is 4.99 Å². The Balaban J connectivity index is 2.06. The normalized spacial score (nSPS) is 15.3. The molecule has 0 radical (unpaired) electrons. The predicted molar refractivity (Wildman–Crippen MR) is 101 cm³/mol. The maximum Gasteiger partial charge on any atom is 0.162 e. The third kappa shape index (κ3) is 3.42. The van der Waals surface area contributed by atoms with E-state index in [0.717, 1.165) is 67.0 Å². The summed E-state index contributed by atoms with van der Waals surface area (Å²) in [7, 11) is 2.00. The molecule has 3 rings (SSSR count). The molecule has 0 amide bonds. The molecule has 0 saturated carbocycles. The minimum atomic E-state index is 0.640. The number of hydrogen-bond donors (Lipinski definition) is 1. The molecule has 0 spiro atoms. The number of hydrogen-bond acceptors (Lipinski definition) is 6. The number of thiophene rings is 1. The Hall–Kier alpha value is -1.99. The van der Waals surface area contributed by atoms with Crippen molar-refractivity contribution in [3.63, 3.8) is 0 Å². The zero-order valence-electron chi connectivity index (χ0n) is 14.2. The van der Waals surface area contributed by atoms with Crippen LogP contribution in [0.2, 0.25) is 0 Å². The van der Waals surface area contributed by atoms with Gasteiger partial charge in [-0.15, -0.1) is 11.3 Å². The number of carbonyl (C=O) groups excluding carboxylic acids is 1. The molecule has 1 aliphatic heterocycles. The number of aliphatic imine (C=N–C) groups is 1. The molecule has 2 aromatic heterocycles. The monoisotopic (exact) mass is 345 g/mol. The molecule has 0 atom stereocenters. The molecule has 2 aromatic rings. The van der Waals surface area contributed by atoms with E-state index in [1.54, 1.807) is 0 Å². The van der Waals surface area contributed by atoms with E-state index in [4.69, 9.17) is 0 Å². The average Bonchev–Trinajstić information content (AvgIpc) is 2.98. The lowest BCUT2D eigenvalue weighted by Crippen LogP contribution is -2.43. The maximum absolute atomic E-state index is 11.5. The highest BCUT2D eigenvalue weighted by Gasteiger charge is 2.20. The Labute approximate surface area is 146 Å². The number of nitrogens with one attached hydrogen (secondary N) is 1. The number of fused-ring (bicyclic) bond motifs is 1. The quantitative estimate of drug-likeness (QED) is 0.495. The molecule has 0 aliphatic carbocycles. The van der Waals surface area contributed by atoms with E-state index in [2.05, 4.69) is 27.1 Å². The summed E-state index contributed by atoms with van der Waals surface area (Å²) in [5.41, 5.74) is 1.87. The topological polar surface area (TPSA) is 60.8 Å². The molecule has 0 bridgehead atoms. The Morgan fingerprint density at radius 1 is 1.46 bits per heavy atom. The smallest absolute Gasteiger partial charge is 0.162 e. The number of anilines is 1. The number of carbonyl (C=O) groups is 1. The zero-order valence-corrected chi connectivity index (χ0v) is 15.0. The average molecular weight is 345 g/mol. The summed E-state index contributed by atoms with van der Waals surface area (Å²) in [6.45, 7) is 6.89. The molecule has 7 heteroatoms. The molecular weight excluding hydrogens is 322 g/mol. The molecule has 0 unspecified atom stereocenters. The van der Waals surface area contributed by atoms with E-state index >= 15 is 0 Å². The Kier molecular flexibility index (Phi) is 5.42. The second-order valence-corrected chi connectivity index (χ2v) is 6.94. The van der Waals surface area contributed by atoms with Gasteiger partial charge >= 0.3 is 0 Å². The van der Waals surface area contributed by atoms with Crippen LogP contribution in [-0.4, -0.2) is 62.3 Å². The van der Waals surface area contributed by atoms with Crippen LogP contribution in [0.1, 0.15) is 23.0 Å². The first-order chi connectivity index (χ1) is 11.7. The lowest BCUT2D eigenvalue weighted by Gasteiger charge is -2.30. The largest absolute Gasteiger partial charge is 0.368 e. The SMILES string of the molecule is CCCN(C)C=Nc1c(C=O)sc2nccc(N3CCNCC3)c12. The van der Waals surface area contributed by atoms with Gasteiger partial charge in [-0.1, -0.05) is 6.92 Å². The molecule has 0 aromatic carbocycles. The van der Waals surface area contributed by atoms with Gasteiger partial charge in [0.2, 0.25) is 0 Å². The third-order valence-corrected chi connectivity index (χ3v) is 5.11. The molecule has 1 aliphatic rings. The summed E-state index contributed by atoms with van der Waals surface area (Å²) in [6.07, 6.45) is 5.58. The number of nitrogens with zero attached hydrogens (tertiary/aromatic N) is 4. The van der Waals surface area contributed by atoms with E-state index in [9.17, 15) is 4.79 Å². The second-order valence-electron chi connectivity index (χ2n) is 5.91. The summed E-state index contributed by atoms with van der Waals surface area (Å²) in [6, 6.07) is 2.03. The number of pyridine rings is 1. The fraction of sp³-hybridized carbons (Fsp3) is 0.471. The van der Waals surface area contributed by atoms with Crippen LogP contribution < -0.4 is 10.2 Å². The summed E-state index contributed by atoms with van der Waals surface area (Å²) in [5.74, 6) is 0. The molecule has 1 saturated heterocycles. The van der Waals surface area contributed by atoms with Crippen molar-refractivity contribution in [1.29, 1.82) is 0 Å². The molecule has 1 fully saturated rings. The van der Waals surface area contributed by atoms with Crippen molar-refractivity contribution in [1.82, 2.24) is 15.2 Å². The lowest BCUT2D eigenvalue weighted by molar-refractivity contribution is 0.112. The number of aldehydes is 1. The van der Waals surface area contributed by atoms with Crippen LogP contribution >= 0.6 is 11.3 Å². The summed E-state index contributed by atoms with van der Waals surface area (Å²) >= 11 is 1.41. The fourth-order valence-corrected chi connectivity index (χ4v) is 3.88. The number of rotatable bonds is 6. The van der Waals surface area contributed by atoms with Gasteiger partial charge in [-0.05, 0) is 12.5 Å². The van der Waals surface area contributed by atoms with Crippen LogP contribution in [0, 0.1) is 0 Å². The van der Waals surface area contributed by atoms with Gasteiger partial charge in [-0.25, -0.2) is 9.98 Å². The van der Waals surface area contributed by atoms with Crippen LogP contribution in [-0.2, 0) is 0 Å². The van der Waals surface area contributed by atoms with Crippen molar-refractivity contribution in [3.05, 3.63) is 17.1 Å². The van der Waals surface area contributed by atoms with Gasteiger partial charge in [0.1, 0.15) is 4.83 Å². The first kappa shape index (κ1) is 16.9. The first-order valence-corrected chi connectivity index (χ1v) is 9.13. The van der Waals surface area contributed by atoms with Gasteiger partial charge in [0.05, 0.1) is 28.0 Å². The van der Waals surface area contributed by atoms with Crippen molar-refractivity contribution in [3.8, 4) is 0 Å². The van der Waals surface area contributed by atoms with E-state index in [0.29, 0.717) is 4.88 Å². The molecule has 128 valence electrons. The van der Waals surface area contributed by atoms with Gasteiger partial charge in [-0.2, -0.15) is 0 Å². The third-order valence-electron chi connectivity index (χ3n) is 4.10. The highest BCUT2D eigenvalue weighted by molar-refractivity contribution is 7.21. The molecule has 6 nitrogen and oxygen atoms in total.